The first-order chi connectivity index (χ1) is 9.24. The van der Waals surface area contributed by atoms with Crippen LogP contribution in [-0.2, 0) is 13.2 Å². The molecule has 0 atom stereocenters. The van der Waals surface area contributed by atoms with Crippen LogP contribution < -0.4 is 10.1 Å². The van der Waals surface area contributed by atoms with E-state index in [-0.39, 0.29) is 6.61 Å². The maximum atomic E-state index is 9.22. The smallest absolute Gasteiger partial charge is 0.129 e. The highest BCUT2D eigenvalue weighted by Gasteiger charge is 2.04. The third-order valence-electron chi connectivity index (χ3n) is 3.11. The second kappa shape index (κ2) is 6.20. The van der Waals surface area contributed by atoms with Crippen molar-refractivity contribution < 1.29 is 9.84 Å². The highest BCUT2D eigenvalue weighted by atomic mass is 16.5. The second-order valence-corrected chi connectivity index (χ2v) is 4.30. The summed E-state index contributed by atoms with van der Waals surface area (Å²) in [6, 6.07) is 9.71. The van der Waals surface area contributed by atoms with Crippen LogP contribution >= 0.6 is 0 Å². The lowest BCUT2D eigenvalue weighted by molar-refractivity contribution is 0.281. The first-order valence-electron chi connectivity index (χ1n) is 6.16. The number of nitrogens with one attached hydrogen (secondary N) is 1. The van der Waals surface area contributed by atoms with Crippen LogP contribution in [0.25, 0.3) is 0 Å². The van der Waals surface area contributed by atoms with E-state index in [2.05, 4.69) is 10.3 Å². The summed E-state index contributed by atoms with van der Waals surface area (Å²) in [6.07, 6.45) is 1.70. The summed E-state index contributed by atoms with van der Waals surface area (Å²) in [5.74, 6) is 1.66. The molecule has 0 saturated carbocycles. The minimum absolute atomic E-state index is 0.0333. The highest BCUT2D eigenvalue weighted by molar-refractivity contribution is 5.47. The predicted molar refractivity (Wildman–Crippen MR) is 75.2 cm³/mol. The molecule has 0 unspecified atom stereocenters. The Labute approximate surface area is 113 Å². The summed E-state index contributed by atoms with van der Waals surface area (Å²) in [7, 11) is 1.65. The van der Waals surface area contributed by atoms with Gasteiger partial charge in [0.05, 0.1) is 13.7 Å². The molecule has 4 nitrogen and oxygen atoms in total. The molecule has 2 N–H and O–H groups in total. The number of hydrogen-bond donors (Lipinski definition) is 2. The number of aliphatic hydroxyl groups is 1. The summed E-state index contributed by atoms with van der Waals surface area (Å²) in [6.45, 7) is 2.67. The minimum atomic E-state index is 0.0333. The van der Waals surface area contributed by atoms with E-state index in [9.17, 15) is 5.11 Å². The Morgan fingerprint density at radius 1 is 1.21 bits per heavy atom. The fraction of sp³-hybridized carbons (Fsp3) is 0.267. The summed E-state index contributed by atoms with van der Waals surface area (Å²) >= 11 is 0. The Morgan fingerprint density at radius 3 is 2.58 bits per heavy atom. The molecule has 0 bridgehead atoms. The Morgan fingerprint density at radius 2 is 1.95 bits per heavy atom. The Hall–Kier alpha value is -2.07. The third-order valence-corrected chi connectivity index (χ3v) is 3.11. The van der Waals surface area contributed by atoms with Crippen molar-refractivity contribution in [2.75, 3.05) is 12.4 Å². The number of rotatable bonds is 5. The minimum Gasteiger partial charge on any atom is -0.497 e. The van der Waals surface area contributed by atoms with Crippen LogP contribution in [0, 0.1) is 6.92 Å². The fourth-order valence-electron chi connectivity index (χ4n) is 1.85. The molecule has 1 aromatic heterocycles. The molecule has 0 aliphatic heterocycles. The molecular formula is C15H18N2O2. The lowest BCUT2D eigenvalue weighted by Gasteiger charge is -2.11. The van der Waals surface area contributed by atoms with Gasteiger partial charge in [-0.25, -0.2) is 4.98 Å². The van der Waals surface area contributed by atoms with Crippen molar-refractivity contribution in [3.63, 3.8) is 0 Å². The molecule has 0 radical (unpaired) electrons. The van der Waals surface area contributed by atoms with Gasteiger partial charge in [-0.3, -0.25) is 0 Å². The highest BCUT2D eigenvalue weighted by Crippen LogP contribution is 2.17. The van der Waals surface area contributed by atoms with Gasteiger partial charge in [-0.2, -0.15) is 0 Å². The Kier molecular flexibility index (Phi) is 4.36. The van der Waals surface area contributed by atoms with E-state index in [0.29, 0.717) is 6.54 Å². The van der Waals surface area contributed by atoms with Crippen molar-refractivity contribution in [2.24, 2.45) is 0 Å². The van der Waals surface area contributed by atoms with Crippen LogP contribution in [0.15, 0.2) is 36.5 Å². The lowest BCUT2D eigenvalue weighted by atomic mass is 10.1. The molecule has 0 amide bonds. The number of benzene rings is 1. The molecule has 2 rings (SSSR count). The number of anilines is 1. The molecule has 0 fully saturated rings. The predicted octanol–water partition coefficient (Wildman–Crippen LogP) is 2.50. The molecule has 0 saturated heterocycles. The molecule has 2 aromatic rings. The van der Waals surface area contributed by atoms with Crippen molar-refractivity contribution >= 4 is 5.82 Å². The maximum absolute atomic E-state index is 9.22. The number of ether oxygens (including phenoxy) is 1. The number of aromatic nitrogens is 1. The van der Waals surface area contributed by atoms with Crippen molar-refractivity contribution in [2.45, 2.75) is 20.1 Å². The average molecular weight is 258 g/mol. The van der Waals surface area contributed by atoms with Gasteiger partial charge in [0.25, 0.3) is 0 Å². The molecule has 0 aliphatic rings. The second-order valence-electron chi connectivity index (χ2n) is 4.30. The van der Waals surface area contributed by atoms with E-state index in [1.165, 1.54) is 0 Å². The van der Waals surface area contributed by atoms with Crippen LogP contribution in [0.5, 0.6) is 5.75 Å². The zero-order valence-corrected chi connectivity index (χ0v) is 11.2. The standard InChI is InChI=1S/C15H18N2O2/c1-11-13(10-18)7-8-16-15(11)17-9-12-3-5-14(19-2)6-4-12/h3-8,18H,9-10H2,1-2H3,(H,16,17). The molecule has 1 heterocycles. The SMILES string of the molecule is COc1ccc(CNc2nccc(CO)c2C)cc1. The molecule has 0 spiro atoms. The third kappa shape index (κ3) is 3.23. The maximum Gasteiger partial charge on any atom is 0.129 e. The van der Waals surface area contributed by atoms with Gasteiger partial charge in [0.15, 0.2) is 0 Å². The summed E-state index contributed by atoms with van der Waals surface area (Å²) in [5.41, 5.74) is 3.03. The fourth-order valence-corrected chi connectivity index (χ4v) is 1.85. The van der Waals surface area contributed by atoms with Gasteiger partial charge >= 0.3 is 0 Å². The molecule has 0 aliphatic carbocycles. The zero-order valence-electron chi connectivity index (χ0n) is 11.2. The van der Waals surface area contributed by atoms with E-state index in [1.807, 2.05) is 37.3 Å². The molecule has 1 aromatic carbocycles. The summed E-state index contributed by atoms with van der Waals surface area (Å²) < 4.78 is 5.12. The Bertz CT molecular complexity index is 538. The average Bonchev–Trinajstić information content (AvgIpc) is 2.47. The number of nitrogens with zero attached hydrogens (tertiary/aromatic N) is 1. The number of hydrogen-bond acceptors (Lipinski definition) is 4. The number of aliphatic hydroxyl groups excluding tert-OH is 1. The van der Waals surface area contributed by atoms with E-state index < -0.39 is 0 Å². The summed E-state index contributed by atoms with van der Waals surface area (Å²) in [5, 5.41) is 12.5. The van der Waals surface area contributed by atoms with Gasteiger partial charge in [0.1, 0.15) is 11.6 Å². The molecule has 100 valence electrons. The van der Waals surface area contributed by atoms with E-state index in [1.54, 1.807) is 13.3 Å². The molecule has 4 heteroatoms. The van der Waals surface area contributed by atoms with E-state index in [0.717, 1.165) is 28.3 Å². The first kappa shape index (κ1) is 13.4. The quantitative estimate of drug-likeness (QED) is 0.865. The normalized spacial score (nSPS) is 10.3. The monoisotopic (exact) mass is 258 g/mol. The number of pyridine rings is 1. The van der Waals surface area contributed by atoms with Crippen molar-refractivity contribution in [1.29, 1.82) is 0 Å². The van der Waals surface area contributed by atoms with E-state index >= 15 is 0 Å². The van der Waals surface area contributed by atoms with E-state index in [4.69, 9.17) is 4.74 Å². The first-order valence-corrected chi connectivity index (χ1v) is 6.16. The van der Waals surface area contributed by atoms with Crippen molar-refractivity contribution in [3.05, 3.63) is 53.2 Å². The van der Waals surface area contributed by atoms with Crippen LogP contribution in [0.1, 0.15) is 16.7 Å². The summed E-state index contributed by atoms with van der Waals surface area (Å²) in [4.78, 5) is 4.29. The van der Waals surface area contributed by atoms with Gasteiger partial charge in [-0.05, 0) is 41.8 Å². The largest absolute Gasteiger partial charge is 0.497 e. The zero-order chi connectivity index (χ0) is 13.7. The number of methoxy groups -OCH3 is 1. The van der Waals surface area contributed by atoms with Gasteiger partial charge in [0.2, 0.25) is 0 Å². The van der Waals surface area contributed by atoms with Gasteiger partial charge in [0, 0.05) is 12.7 Å². The van der Waals surface area contributed by atoms with Gasteiger partial charge in [-0.15, -0.1) is 0 Å². The lowest BCUT2D eigenvalue weighted by Crippen LogP contribution is -2.04. The van der Waals surface area contributed by atoms with Crippen LogP contribution in [-0.4, -0.2) is 17.2 Å². The van der Waals surface area contributed by atoms with Crippen LogP contribution in [0.4, 0.5) is 5.82 Å². The van der Waals surface area contributed by atoms with Crippen molar-refractivity contribution in [1.82, 2.24) is 4.98 Å². The molecule has 19 heavy (non-hydrogen) atoms. The molecular weight excluding hydrogens is 240 g/mol. The van der Waals surface area contributed by atoms with Gasteiger partial charge in [-0.1, -0.05) is 12.1 Å². The van der Waals surface area contributed by atoms with Crippen LogP contribution in [0.3, 0.4) is 0 Å². The topological polar surface area (TPSA) is 54.4 Å². The van der Waals surface area contributed by atoms with Crippen molar-refractivity contribution in [3.8, 4) is 5.75 Å². The van der Waals surface area contributed by atoms with Crippen LogP contribution in [0.2, 0.25) is 0 Å². The van der Waals surface area contributed by atoms with Gasteiger partial charge < -0.3 is 15.2 Å². The Balaban J connectivity index is 2.05.